The third kappa shape index (κ3) is 5.23. The summed E-state index contributed by atoms with van der Waals surface area (Å²) in [6.07, 6.45) is 0. The molecule has 1 amide bonds. The van der Waals surface area contributed by atoms with Gasteiger partial charge in [0.05, 0.1) is 0 Å². The van der Waals surface area contributed by atoms with Gasteiger partial charge in [0.25, 0.3) is 5.91 Å². The second-order valence-electron chi connectivity index (χ2n) is 7.06. The van der Waals surface area contributed by atoms with Gasteiger partial charge >= 0.3 is 0 Å². The summed E-state index contributed by atoms with van der Waals surface area (Å²) in [7, 11) is 0. The van der Waals surface area contributed by atoms with Gasteiger partial charge in [0.15, 0.2) is 18.1 Å². The maximum atomic E-state index is 12.0. The number of hydrogen-bond acceptors (Lipinski definition) is 5. The maximum absolute atomic E-state index is 12.0. The number of carbonyl (C=O) groups is 1. The molecule has 0 saturated carbocycles. The van der Waals surface area contributed by atoms with Crippen LogP contribution in [0.5, 0.6) is 17.2 Å². The number of nitrogens with one attached hydrogen (secondary N) is 2. The van der Waals surface area contributed by atoms with Crippen molar-refractivity contribution in [1.82, 2.24) is 0 Å². The van der Waals surface area contributed by atoms with Crippen LogP contribution in [0.15, 0.2) is 66.7 Å². The lowest BCUT2D eigenvalue weighted by Crippen LogP contribution is -2.20. The largest absolute Gasteiger partial charge is 0.486 e. The molecule has 30 heavy (non-hydrogen) atoms. The van der Waals surface area contributed by atoms with E-state index in [0.29, 0.717) is 25.5 Å². The predicted molar refractivity (Wildman–Crippen MR) is 117 cm³/mol. The van der Waals surface area contributed by atoms with Gasteiger partial charge in [-0.1, -0.05) is 29.8 Å². The number of fused-ring (bicyclic) bond motifs is 1. The van der Waals surface area contributed by atoms with E-state index in [4.69, 9.17) is 14.2 Å². The molecule has 0 bridgehead atoms. The summed E-state index contributed by atoms with van der Waals surface area (Å²) in [6.45, 7) is 3.78. The normalized spacial score (nSPS) is 12.2. The standard InChI is InChI=1S/C24H24N2O4/c1-17-2-6-19(7-3-17)26-24(27)16-30-21-9-4-18(5-10-21)15-25-20-8-11-22-23(14-20)29-13-12-28-22/h2-11,14,25H,12-13,15-16H2,1H3,(H,26,27). The summed E-state index contributed by atoms with van der Waals surface area (Å²) < 4.78 is 16.7. The second-order valence-corrected chi connectivity index (χ2v) is 7.06. The van der Waals surface area contributed by atoms with Crippen molar-refractivity contribution < 1.29 is 19.0 Å². The molecule has 0 spiro atoms. The fraction of sp³-hybridized carbons (Fsp3) is 0.208. The van der Waals surface area contributed by atoms with Crippen molar-refractivity contribution in [2.75, 3.05) is 30.5 Å². The van der Waals surface area contributed by atoms with Gasteiger partial charge in [0.2, 0.25) is 0 Å². The molecule has 4 rings (SSSR count). The Balaban J connectivity index is 1.24. The van der Waals surface area contributed by atoms with Crippen LogP contribution in [-0.2, 0) is 11.3 Å². The fourth-order valence-corrected chi connectivity index (χ4v) is 3.04. The number of rotatable bonds is 7. The van der Waals surface area contributed by atoms with Crippen LogP contribution in [0.1, 0.15) is 11.1 Å². The molecule has 3 aromatic carbocycles. The van der Waals surface area contributed by atoms with Crippen LogP contribution in [-0.4, -0.2) is 25.7 Å². The van der Waals surface area contributed by atoms with E-state index in [1.807, 2.05) is 73.7 Å². The van der Waals surface area contributed by atoms with E-state index in [2.05, 4.69) is 10.6 Å². The second kappa shape index (κ2) is 9.22. The quantitative estimate of drug-likeness (QED) is 0.611. The zero-order valence-electron chi connectivity index (χ0n) is 16.8. The molecule has 6 heteroatoms. The monoisotopic (exact) mass is 404 g/mol. The summed E-state index contributed by atoms with van der Waals surface area (Å²) >= 11 is 0. The first-order valence-electron chi connectivity index (χ1n) is 9.87. The lowest BCUT2D eigenvalue weighted by molar-refractivity contribution is -0.118. The number of hydrogen-bond donors (Lipinski definition) is 2. The minimum absolute atomic E-state index is 0.0390. The van der Waals surface area contributed by atoms with Crippen LogP contribution in [0, 0.1) is 6.92 Å². The Morgan fingerprint density at radius 1 is 0.900 bits per heavy atom. The van der Waals surface area contributed by atoms with Crippen LogP contribution in [0.4, 0.5) is 11.4 Å². The topological polar surface area (TPSA) is 68.8 Å². The first-order chi connectivity index (χ1) is 14.7. The average Bonchev–Trinajstić information content (AvgIpc) is 2.78. The minimum atomic E-state index is -0.191. The minimum Gasteiger partial charge on any atom is -0.486 e. The predicted octanol–water partition coefficient (Wildman–Crippen LogP) is 4.40. The smallest absolute Gasteiger partial charge is 0.262 e. The van der Waals surface area contributed by atoms with Gasteiger partial charge < -0.3 is 24.8 Å². The number of aryl methyl sites for hydroxylation is 1. The Morgan fingerprint density at radius 2 is 1.60 bits per heavy atom. The Hall–Kier alpha value is -3.67. The highest BCUT2D eigenvalue weighted by Gasteiger charge is 2.11. The van der Waals surface area contributed by atoms with Crippen LogP contribution < -0.4 is 24.8 Å². The lowest BCUT2D eigenvalue weighted by Gasteiger charge is -2.19. The van der Waals surface area contributed by atoms with Gasteiger partial charge in [0, 0.05) is 24.0 Å². The summed E-state index contributed by atoms with van der Waals surface area (Å²) in [5.74, 6) is 2.00. The molecule has 0 aromatic heterocycles. The molecule has 154 valence electrons. The summed E-state index contributed by atoms with van der Waals surface area (Å²) in [5, 5.41) is 6.19. The number of ether oxygens (including phenoxy) is 3. The molecule has 3 aromatic rings. The van der Waals surface area contributed by atoms with Crippen molar-refractivity contribution in [2.24, 2.45) is 0 Å². The zero-order chi connectivity index (χ0) is 20.8. The maximum Gasteiger partial charge on any atom is 0.262 e. The summed E-state index contributed by atoms with van der Waals surface area (Å²) in [5.41, 5.74) is 3.97. The number of benzene rings is 3. The number of anilines is 2. The molecule has 1 aliphatic heterocycles. The van der Waals surface area contributed by atoms with E-state index in [9.17, 15) is 4.79 Å². The molecule has 0 atom stereocenters. The van der Waals surface area contributed by atoms with E-state index in [0.717, 1.165) is 34.0 Å². The first-order valence-corrected chi connectivity index (χ1v) is 9.87. The highest BCUT2D eigenvalue weighted by Crippen LogP contribution is 2.32. The van der Waals surface area contributed by atoms with Crippen molar-refractivity contribution in [3.63, 3.8) is 0 Å². The molecule has 0 fully saturated rings. The molecule has 0 aliphatic carbocycles. The summed E-state index contributed by atoms with van der Waals surface area (Å²) in [4.78, 5) is 12.0. The van der Waals surface area contributed by atoms with Gasteiger partial charge in [-0.3, -0.25) is 4.79 Å². The van der Waals surface area contributed by atoms with Gasteiger partial charge in [-0.15, -0.1) is 0 Å². The van der Waals surface area contributed by atoms with Crippen LogP contribution in [0.3, 0.4) is 0 Å². The highest BCUT2D eigenvalue weighted by atomic mass is 16.6. The molecular formula is C24H24N2O4. The fourth-order valence-electron chi connectivity index (χ4n) is 3.04. The van der Waals surface area contributed by atoms with Crippen LogP contribution in [0.25, 0.3) is 0 Å². The Morgan fingerprint density at radius 3 is 2.37 bits per heavy atom. The number of amides is 1. The van der Waals surface area contributed by atoms with E-state index in [-0.39, 0.29) is 12.5 Å². The van der Waals surface area contributed by atoms with E-state index < -0.39 is 0 Å². The average molecular weight is 404 g/mol. The molecule has 0 radical (unpaired) electrons. The van der Waals surface area contributed by atoms with E-state index >= 15 is 0 Å². The third-order valence-corrected chi connectivity index (χ3v) is 4.67. The SMILES string of the molecule is Cc1ccc(NC(=O)COc2ccc(CNc3ccc4c(c3)OCCO4)cc2)cc1. The Bertz CT molecular complexity index is 1000. The van der Waals surface area contributed by atoms with Crippen molar-refractivity contribution >= 4 is 17.3 Å². The van der Waals surface area contributed by atoms with Crippen molar-refractivity contribution in [2.45, 2.75) is 13.5 Å². The summed E-state index contributed by atoms with van der Waals surface area (Å²) in [6, 6.07) is 21.1. The van der Waals surface area contributed by atoms with E-state index in [1.165, 1.54) is 0 Å². The molecular weight excluding hydrogens is 380 g/mol. The zero-order valence-corrected chi connectivity index (χ0v) is 16.8. The number of carbonyl (C=O) groups excluding carboxylic acids is 1. The lowest BCUT2D eigenvalue weighted by atomic mass is 10.2. The Labute approximate surface area is 175 Å². The van der Waals surface area contributed by atoms with Gasteiger partial charge in [-0.2, -0.15) is 0 Å². The van der Waals surface area contributed by atoms with Crippen molar-refractivity contribution in [1.29, 1.82) is 0 Å². The van der Waals surface area contributed by atoms with Crippen molar-refractivity contribution in [3.05, 3.63) is 77.9 Å². The van der Waals surface area contributed by atoms with Gasteiger partial charge in [0.1, 0.15) is 19.0 Å². The van der Waals surface area contributed by atoms with Gasteiger partial charge in [-0.05, 0) is 48.9 Å². The highest BCUT2D eigenvalue weighted by molar-refractivity contribution is 5.91. The van der Waals surface area contributed by atoms with Crippen molar-refractivity contribution in [3.8, 4) is 17.2 Å². The van der Waals surface area contributed by atoms with Crippen LogP contribution >= 0.6 is 0 Å². The molecule has 1 heterocycles. The first kappa shape index (κ1) is 19.6. The molecule has 1 aliphatic rings. The Kier molecular flexibility index (Phi) is 6.03. The molecule has 0 saturated heterocycles. The third-order valence-electron chi connectivity index (χ3n) is 4.67. The molecule has 6 nitrogen and oxygen atoms in total. The van der Waals surface area contributed by atoms with Crippen LogP contribution in [0.2, 0.25) is 0 Å². The van der Waals surface area contributed by atoms with Gasteiger partial charge in [-0.25, -0.2) is 0 Å². The molecule has 0 unspecified atom stereocenters. The molecule has 2 N–H and O–H groups in total. The van der Waals surface area contributed by atoms with E-state index in [1.54, 1.807) is 0 Å².